The first-order valence-corrected chi connectivity index (χ1v) is 6.30. The highest BCUT2D eigenvalue weighted by molar-refractivity contribution is 6.31. The molecule has 0 radical (unpaired) electrons. The van der Waals surface area contributed by atoms with Crippen LogP contribution in [0.25, 0.3) is 0 Å². The summed E-state index contributed by atoms with van der Waals surface area (Å²) in [4.78, 5) is 2.42. The third-order valence-corrected chi connectivity index (χ3v) is 3.34. The van der Waals surface area contributed by atoms with Crippen molar-refractivity contribution in [3.63, 3.8) is 0 Å². The van der Waals surface area contributed by atoms with E-state index in [-0.39, 0.29) is 6.61 Å². The zero-order valence-electron chi connectivity index (χ0n) is 9.62. The van der Waals surface area contributed by atoms with Gasteiger partial charge in [0.05, 0.1) is 6.61 Å². The molecule has 0 amide bonds. The highest BCUT2D eigenvalue weighted by Crippen LogP contribution is 2.33. The van der Waals surface area contributed by atoms with Crippen molar-refractivity contribution in [2.24, 2.45) is 0 Å². The zero-order valence-corrected chi connectivity index (χ0v) is 10.4. The number of rotatable bonds is 5. The SMILES string of the molecule is CCCN(c1ccc(CO)c(Cl)c1)C1CC1. The minimum absolute atomic E-state index is 0.0102. The Balaban J connectivity index is 2.20. The quantitative estimate of drug-likeness (QED) is 0.853. The van der Waals surface area contributed by atoms with E-state index < -0.39 is 0 Å². The van der Waals surface area contributed by atoms with Gasteiger partial charge >= 0.3 is 0 Å². The normalized spacial score (nSPS) is 15.2. The van der Waals surface area contributed by atoms with E-state index in [0.717, 1.165) is 18.5 Å². The van der Waals surface area contributed by atoms with Crippen LogP contribution >= 0.6 is 11.6 Å². The van der Waals surface area contributed by atoms with Crippen molar-refractivity contribution in [3.05, 3.63) is 28.8 Å². The van der Waals surface area contributed by atoms with Gasteiger partial charge in [0.15, 0.2) is 0 Å². The minimum Gasteiger partial charge on any atom is -0.392 e. The highest BCUT2D eigenvalue weighted by atomic mass is 35.5. The lowest BCUT2D eigenvalue weighted by molar-refractivity contribution is 0.282. The van der Waals surface area contributed by atoms with Crippen LogP contribution in [0.2, 0.25) is 5.02 Å². The Kier molecular flexibility index (Phi) is 3.72. The van der Waals surface area contributed by atoms with Crippen molar-refractivity contribution < 1.29 is 5.11 Å². The third-order valence-electron chi connectivity index (χ3n) is 2.99. The molecule has 3 heteroatoms. The van der Waals surface area contributed by atoms with E-state index in [4.69, 9.17) is 16.7 Å². The van der Waals surface area contributed by atoms with Gasteiger partial charge in [-0.25, -0.2) is 0 Å². The lowest BCUT2D eigenvalue weighted by Gasteiger charge is -2.24. The predicted octanol–water partition coefficient (Wildman–Crippen LogP) is 3.21. The summed E-state index contributed by atoms with van der Waals surface area (Å²) in [6.07, 6.45) is 3.73. The van der Waals surface area contributed by atoms with E-state index >= 15 is 0 Å². The molecule has 1 aromatic carbocycles. The van der Waals surface area contributed by atoms with Crippen LogP contribution in [0, 0.1) is 0 Å². The van der Waals surface area contributed by atoms with E-state index in [1.54, 1.807) is 0 Å². The molecule has 1 N–H and O–H groups in total. The van der Waals surface area contributed by atoms with Gasteiger partial charge in [-0.15, -0.1) is 0 Å². The largest absolute Gasteiger partial charge is 0.392 e. The fourth-order valence-electron chi connectivity index (χ4n) is 1.99. The standard InChI is InChI=1S/C13H18ClNO/c1-2-7-15(11-5-6-11)12-4-3-10(9-16)13(14)8-12/h3-4,8,11,16H,2,5-7,9H2,1H3. The Hall–Kier alpha value is -0.730. The van der Waals surface area contributed by atoms with Gasteiger partial charge in [0.1, 0.15) is 0 Å². The molecule has 0 bridgehead atoms. The van der Waals surface area contributed by atoms with E-state index in [2.05, 4.69) is 17.9 Å². The molecule has 2 nitrogen and oxygen atoms in total. The Morgan fingerprint density at radius 3 is 2.69 bits per heavy atom. The Morgan fingerprint density at radius 2 is 2.19 bits per heavy atom. The lowest BCUT2D eigenvalue weighted by Crippen LogP contribution is -2.26. The molecule has 0 atom stereocenters. The summed E-state index contributed by atoms with van der Waals surface area (Å²) in [5.41, 5.74) is 1.99. The second kappa shape index (κ2) is 5.07. The average Bonchev–Trinajstić information content (AvgIpc) is 3.09. The van der Waals surface area contributed by atoms with Crippen LogP contribution in [-0.2, 0) is 6.61 Å². The minimum atomic E-state index is 0.0102. The molecular formula is C13H18ClNO. The molecule has 0 aliphatic heterocycles. The van der Waals surface area contributed by atoms with Crippen LogP contribution in [0.5, 0.6) is 0 Å². The fourth-order valence-corrected chi connectivity index (χ4v) is 2.23. The topological polar surface area (TPSA) is 23.5 Å². The summed E-state index contributed by atoms with van der Waals surface area (Å²) in [6, 6.07) is 6.66. The summed E-state index contributed by atoms with van der Waals surface area (Å²) in [5.74, 6) is 0. The van der Waals surface area contributed by atoms with Crippen molar-refractivity contribution in [2.75, 3.05) is 11.4 Å². The molecule has 1 fully saturated rings. The lowest BCUT2D eigenvalue weighted by atomic mass is 10.2. The van der Waals surface area contributed by atoms with Crippen molar-refractivity contribution in [1.29, 1.82) is 0 Å². The number of aliphatic hydroxyl groups excluding tert-OH is 1. The summed E-state index contributed by atoms with van der Waals surface area (Å²) in [6.45, 7) is 3.29. The number of aliphatic hydroxyl groups is 1. The maximum atomic E-state index is 9.07. The highest BCUT2D eigenvalue weighted by Gasteiger charge is 2.28. The zero-order chi connectivity index (χ0) is 11.5. The predicted molar refractivity (Wildman–Crippen MR) is 68.0 cm³/mol. The number of benzene rings is 1. The fraction of sp³-hybridized carbons (Fsp3) is 0.538. The Labute approximate surface area is 102 Å². The molecular weight excluding hydrogens is 222 g/mol. The molecule has 1 saturated carbocycles. The summed E-state index contributed by atoms with van der Waals surface area (Å²) in [7, 11) is 0. The van der Waals surface area contributed by atoms with Gasteiger partial charge in [-0.2, -0.15) is 0 Å². The van der Waals surface area contributed by atoms with E-state index in [0.29, 0.717) is 11.1 Å². The number of halogens is 1. The molecule has 1 aliphatic rings. The molecule has 0 heterocycles. The molecule has 2 rings (SSSR count). The van der Waals surface area contributed by atoms with Gasteiger partial charge in [-0.05, 0) is 37.0 Å². The van der Waals surface area contributed by atoms with E-state index in [9.17, 15) is 0 Å². The second-order valence-corrected chi connectivity index (χ2v) is 4.77. The molecule has 0 spiro atoms. The van der Waals surface area contributed by atoms with Crippen LogP contribution in [0.1, 0.15) is 31.7 Å². The van der Waals surface area contributed by atoms with Crippen LogP contribution in [0.3, 0.4) is 0 Å². The monoisotopic (exact) mass is 239 g/mol. The first kappa shape index (κ1) is 11.7. The second-order valence-electron chi connectivity index (χ2n) is 4.36. The summed E-state index contributed by atoms with van der Waals surface area (Å²) < 4.78 is 0. The molecule has 1 aromatic rings. The molecule has 88 valence electrons. The number of anilines is 1. The van der Waals surface area contributed by atoms with Crippen LogP contribution < -0.4 is 4.90 Å². The average molecular weight is 240 g/mol. The van der Waals surface area contributed by atoms with Gasteiger partial charge in [0.25, 0.3) is 0 Å². The Bertz CT molecular complexity index is 363. The molecule has 16 heavy (non-hydrogen) atoms. The van der Waals surface area contributed by atoms with Gasteiger partial charge in [-0.1, -0.05) is 24.6 Å². The van der Waals surface area contributed by atoms with Crippen LogP contribution in [0.4, 0.5) is 5.69 Å². The number of hydrogen-bond donors (Lipinski definition) is 1. The van der Waals surface area contributed by atoms with Crippen molar-refractivity contribution in [1.82, 2.24) is 0 Å². The molecule has 0 saturated heterocycles. The first-order valence-electron chi connectivity index (χ1n) is 5.92. The third kappa shape index (κ3) is 2.50. The van der Waals surface area contributed by atoms with Crippen molar-refractivity contribution >= 4 is 17.3 Å². The van der Waals surface area contributed by atoms with Gasteiger partial charge in [-0.3, -0.25) is 0 Å². The smallest absolute Gasteiger partial charge is 0.0696 e. The first-order chi connectivity index (χ1) is 7.76. The van der Waals surface area contributed by atoms with Gasteiger partial charge in [0, 0.05) is 23.3 Å². The van der Waals surface area contributed by atoms with Crippen molar-refractivity contribution in [2.45, 2.75) is 38.8 Å². The van der Waals surface area contributed by atoms with Crippen LogP contribution in [-0.4, -0.2) is 17.7 Å². The van der Waals surface area contributed by atoms with Crippen molar-refractivity contribution in [3.8, 4) is 0 Å². The Morgan fingerprint density at radius 1 is 1.44 bits per heavy atom. The van der Waals surface area contributed by atoms with E-state index in [1.165, 1.54) is 18.5 Å². The van der Waals surface area contributed by atoms with E-state index in [1.807, 2.05) is 12.1 Å². The van der Waals surface area contributed by atoms with Gasteiger partial charge in [0.2, 0.25) is 0 Å². The molecule has 0 aromatic heterocycles. The molecule has 0 unspecified atom stereocenters. The maximum absolute atomic E-state index is 9.07. The van der Waals surface area contributed by atoms with Crippen LogP contribution in [0.15, 0.2) is 18.2 Å². The summed E-state index contributed by atoms with van der Waals surface area (Å²) in [5, 5.41) is 9.74. The number of nitrogens with zero attached hydrogens (tertiary/aromatic N) is 1. The maximum Gasteiger partial charge on any atom is 0.0696 e. The molecule has 1 aliphatic carbocycles. The number of hydrogen-bond acceptors (Lipinski definition) is 2. The summed E-state index contributed by atoms with van der Waals surface area (Å²) >= 11 is 6.11. The van der Waals surface area contributed by atoms with Gasteiger partial charge < -0.3 is 10.0 Å².